The minimum Gasteiger partial charge on any atom is -0.376 e. The van der Waals surface area contributed by atoms with Crippen LogP contribution < -0.4 is 10.6 Å². The van der Waals surface area contributed by atoms with E-state index in [9.17, 15) is 0 Å². The maximum Gasteiger partial charge on any atom is 0.191 e. The highest BCUT2D eigenvalue weighted by molar-refractivity contribution is 14.0. The molecule has 0 aliphatic carbocycles. The molecule has 0 aromatic heterocycles. The van der Waals surface area contributed by atoms with Gasteiger partial charge in [-0.1, -0.05) is 38.1 Å². The third-order valence-corrected chi connectivity index (χ3v) is 4.61. The van der Waals surface area contributed by atoms with Gasteiger partial charge in [0.1, 0.15) is 0 Å². The fraction of sp³-hybridized carbons (Fsp3) is 0.650. The topological polar surface area (TPSA) is 48.9 Å². The predicted octanol–water partition coefficient (Wildman–Crippen LogP) is 3.38. The van der Waals surface area contributed by atoms with Crippen LogP contribution in [-0.4, -0.2) is 49.7 Å². The summed E-state index contributed by atoms with van der Waals surface area (Å²) in [6.45, 7) is 13.0. The van der Waals surface area contributed by atoms with Gasteiger partial charge in [0.25, 0.3) is 0 Å². The summed E-state index contributed by atoms with van der Waals surface area (Å²) < 4.78 is 5.66. The van der Waals surface area contributed by atoms with Crippen LogP contribution in [0, 0.1) is 0 Å². The van der Waals surface area contributed by atoms with E-state index in [2.05, 4.69) is 60.6 Å². The average Bonchev–Trinajstić information content (AvgIpc) is 3.16. The number of benzene rings is 1. The van der Waals surface area contributed by atoms with E-state index in [4.69, 9.17) is 9.73 Å². The van der Waals surface area contributed by atoms with Crippen molar-refractivity contribution in [2.45, 2.75) is 52.8 Å². The highest BCUT2D eigenvalue weighted by atomic mass is 127. The first-order valence-electron chi connectivity index (χ1n) is 9.69. The normalized spacial score (nSPS) is 17.2. The second kappa shape index (κ2) is 13.3. The second-order valence-electron chi connectivity index (χ2n) is 6.49. The molecular formula is C20H35IN4O. The molecule has 0 bridgehead atoms. The highest BCUT2D eigenvalue weighted by Gasteiger charge is 2.15. The Kier molecular flexibility index (Phi) is 11.9. The Hall–Kier alpha value is -0.860. The molecule has 2 N–H and O–H groups in total. The van der Waals surface area contributed by atoms with Crippen molar-refractivity contribution < 1.29 is 4.74 Å². The van der Waals surface area contributed by atoms with Crippen LogP contribution >= 0.6 is 24.0 Å². The molecule has 26 heavy (non-hydrogen) atoms. The highest BCUT2D eigenvalue weighted by Crippen LogP contribution is 2.11. The molecule has 1 aromatic rings. The summed E-state index contributed by atoms with van der Waals surface area (Å²) in [4.78, 5) is 7.12. The maximum atomic E-state index is 5.66. The van der Waals surface area contributed by atoms with Crippen molar-refractivity contribution in [3.8, 4) is 0 Å². The zero-order valence-electron chi connectivity index (χ0n) is 16.5. The quantitative estimate of drug-likeness (QED) is 0.328. The Morgan fingerprint density at radius 3 is 2.38 bits per heavy atom. The zero-order chi connectivity index (χ0) is 17.9. The molecule has 1 aliphatic rings. The van der Waals surface area contributed by atoms with Crippen molar-refractivity contribution in [1.82, 2.24) is 15.5 Å². The van der Waals surface area contributed by atoms with Gasteiger partial charge in [-0.15, -0.1) is 24.0 Å². The van der Waals surface area contributed by atoms with Gasteiger partial charge in [0.15, 0.2) is 5.96 Å². The molecule has 0 amide bonds. The fourth-order valence-corrected chi connectivity index (χ4v) is 2.98. The summed E-state index contributed by atoms with van der Waals surface area (Å²) in [7, 11) is 0. The zero-order valence-corrected chi connectivity index (χ0v) is 18.8. The molecule has 1 atom stereocenters. The summed E-state index contributed by atoms with van der Waals surface area (Å²) in [5.41, 5.74) is 2.59. The van der Waals surface area contributed by atoms with Gasteiger partial charge >= 0.3 is 0 Å². The van der Waals surface area contributed by atoms with Crippen molar-refractivity contribution in [1.29, 1.82) is 0 Å². The number of nitrogens with zero attached hydrogens (tertiary/aromatic N) is 2. The lowest BCUT2D eigenvalue weighted by Gasteiger charge is -2.18. The molecule has 6 heteroatoms. The SMILES string of the molecule is CCNC(=NCc1ccc(CN(CC)CC)cc1)NCC1CCCO1.I. The van der Waals surface area contributed by atoms with Crippen LogP contribution in [0.3, 0.4) is 0 Å². The third-order valence-electron chi connectivity index (χ3n) is 4.61. The van der Waals surface area contributed by atoms with E-state index >= 15 is 0 Å². The van der Waals surface area contributed by atoms with E-state index in [0.717, 1.165) is 51.7 Å². The molecule has 1 heterocycles. The van der Waals surface area contributed by atoms with Crippen molar-refractivity contribution in [2.24, 2.45) is 4.99 Å². The number of hydrogen-bond donors (Lipinski definition) is 2. The molecule has 2 rings (SSSR count). The molecular weight excluding hydrogens is 439 g/mol. The van der Waals surface area contributed by atoms with Crippen molar-refractivity contribution in [2.75, 3.05) is 32.8 Å². The largest absolute Gasteiger partial charge is 0.376 e. The van der Waals surface area contributed by atoms with Gasteiger partial charge in [0.05, 0.1) is 12.6 Å². The number of nitrogens with one attached hydrogen (secondary N) is 2. The molecule has 1 unspecified atom stereocenters. The third kappa shape index (κ3) is 8.22. The van der Waals surface area contributed by atoms with Gasteiger partial charge in [-0.05, 0) is 44.0 Å². The molecule has 0 saturated carbocycles. The molecule has 1 fully saturated rings. The van der Waals surface area contributed by atoms with Crippen LogP contribution in [0.2, 0.25) is 0 Å². The summed E-state index contributed by atoms with van der Waals surface area (Å²) in [6, 6.07) is 8.81. The lowest BCUT2D eigenvalue weighted by atomic mass is 10.1. The second-order valence-corrected chi connectivity index (χ2v) is 6.49. The van der Waals surface area contributed by atoms with Gasteiger partial charge in [-0.25, -0.2) is 4.99 Å². The van der Waals surface area contributed by atoms with Crippen molar-refractivity contribution in [3.63, 3.8) is 0 Å². The number of hydrogen-bond acceptors (Lipinski definition) is 3. The van der Waals surface area contributed by atoms with E-state index in [-0.39, 0.29) is 24.0 Å². The smallest absolute Gasteiger partial charge is 0.191 e. The predicted molar refractivity (Wildman–Crippen MR) is 120 cm³/mol. The first-order valence-corrected chi connectivity index (χ1v) is 9.69. The molecule has 1 saturated heterocycles. The first kappa shape index (κ1) is 23.2. The number of guanidine groups is 1. The van der Waals surface area contributed by atoms with Gasteiger partial charge < -0.3 is 15.4 Å². The summed E-state index contributed by atoms with van der Waals surface area (Å²) >= 11 is 0. The summed E-state index contributed by atoms with van der Waals surface area (Å²) in [5, 5.41) is 6.70. The summed E-state index contributed by atoms with van der Waals surface area (Å²) in [6.07, 6.45) is 2.63. The van der Waals surface area contributed by atoms with Crippen LogP contribution in [0.5, 0.6) is 0 Å². The van der Waals surface area contributed by atoms with Gasteiger partial charge in [-0.3, -0.25) is 4.90 Å². The van der Waals surface area contributed by atoms with Gasteiger partial charge in [0.2, 0.25) is 0 Å². The van der Waals surface area contributed by atoms with Crippen LogP contribution in [0.4, 0.5) is 0 Å². The monoisotopic (exact) mass is 474 g/mol. The van der Waals surface area contributed by atoms with E-state index in [1.54, 1.807) is 0 Å². The van der Waals surface area contributed by atoms with E-state index in [0.29, 0.717) is 12.6 Å². The Morgan fingerprint density at radius 1 is 1.12 bits per heavy atom. The maximum absolute atomic E-state index is 5.66. The van der Waals surface area contributed by atoms with Gasteiger partial charge in [0, 0.05) is 26.2 Å². The molecule has 1 aromatic carbocycles. The Balaban J connectivity index is 0.00000338. The van der Waals surface area contributed by atoms with Crippen LogP contribution in [-0.2, 0) is 17.8 Å². The van der Waals surface area contributed by atoms with Crippen LogP contribution in [0.15, 0.2) is 29.3 Å². The molecule has 148 valence electrons. The van der Waals surface area contributed by atoms with Crippen LogP contribution in [0.1, 0.15) is 44.7 Å². The lowest BCUT2D eigenvalue weighted by molar-refractivity contribution is 0.114. The van der Waals surface area contributed by atoms with E-state index in [1.165, 1.54) is 17.5 Å². The molecule has 0 radical (unpaired) electrons. The van der Waals surface area contributed by atoms with Crippen molar-refractivity contribution in [3.05, 3.63) is 35.4 Å². The van der Waals surface area contributed by atoms with E-state index < -0.39 is 0 Å². The molecule has 1 aliphatic heterocycles. The number of ether oxygens (including phenoxy) is 1. The standard InChI is InChI=1S/C20H34N4O.HI/c1-4-21-20(23-15-19-8-7-13-25-19)22-14-17-9-11-18(12-10-17)16-24(5-2)6-3;/h9-12,19H,4-8,13-16H2,1-3H3,(H2,21,22,23);1H. The number of halogens is 1. The Labute approximate surface area is 176 Å². The minimum atomic E-state index is 0. The fourth-order valence-electron chi connectivity index (χ4n) is 2.98. The first-order chi connectivity index (χ1) is 12.2. The van der Waals surface area contributed by atoms with E-state index in [1.807, 2.05) is 0 Å². The average molecular weight is 474 g/mol. The summed E-state index contributed by atoms with van der Waals surface area (Å²) in [5.74, 6) is 0.866. The molecule has 5 nitrogen and oxygen atoms in total. The minimum absolute atomic E-state index is 0. The molecule has 0 spiro atoms. The Bertz CT molecular complexity index is 511. The number of rotatable bonds is 9. The van der Waals surface area contributed by atoms with Gasteiger partial charge in [-0.2, -0.15) is 0 Å². The van der Waals surface area contributed by atoms with Crippen molar-refractivity contribution >= 4 is 29.9 Å². The lowest BCUT2D eigenvalue weighted by Crippen LogP contribution is -2.41. The number of aliphatic imine (C=N–C) groups is 1. The Morgan fingerprint density at radius 2 is 1.81 bits per heavy atom. The van der Waals surface area contributed by atoms with Crippen LogP contribution in [0.25, 0.3) is 0 Å².